The zero-order valence-corrected chi connectivity index (χ0v) is 16.3. The summed E-state index contributed by atoms with van der Waals surface area (Å²) < 4.78 is 12.3. The van der Waals surface area contributed by atoms with Crippen LogP contribution >= 0.6 is 0 Å². The minimum Gasteiger partial charge on any atom is -0.489 e. The number of likely N-dealkylation sites (tertiary alicyclic amines) is 1. The van der Waals surface area contributed by atoms with Gasteiger partial charge in [0, 0.05) is 24.7 Å². The van der Waals surface area contributed by atoms with Gasteiger partial charge < -0.3 is 19.5 Å². The van der Waals surface area contributed by atoms with Crippen molar-refractivity contribution in [1.29, 1.82) is 0 Å². The zero-order chi connectivity index (χ0) is 18.4. The average molecular weight is 370 g/mol. The van der Waals surface area contributed by atoms with E-state index in [1.807, 2.05) is 0 Å². The van der Waals surface area contributed by atoms with Gasteiger partial charge in [-0.25, -0.2) is 0 Å². The van der Waals surface area contributed by atoms with E-state index < -0.39 is 0 Å². The number of hydrogen-bond acceptors (Lipinski definition) is 4. The Kier molecular flexibility index (Phi) is 4.34. The minimum atomic E-state index is -0.319. The summed E-state index contributed by atoms with van der Waals surface area (Å²) in [7, 11) is 2.14. The first kappa shape index (κ1) is 17.4. The van der Waals surface area contributed by atoms with E-state index in [1.54, 1.807) is 0 Å². The normalized spacial score (nSPS) is 30.1. The van der Waals surface area contributed by atoms with Crippen molar-refractivity contribution >= 4 is 0 Å². The van der Waals surface area contributed by atoms with Crippen LogP contribution in [0.1, 0.15) is 50.5 Å². The summed E-state index contributed by atoms with van der Waals surface area (Å²) in [4.78, 5) is 2.31. The molecule has 4 heteroatoms. The van der Waals surface area contributed by atoms with E-state index >= 15 is 0 Å². The van der Waals surface area contributed by atoms with Gasteiger partial charge in [-0.15, -0.1) is 0 Å². The van der Waals surface area contributed by atoms with Crippen molar-refractivity contribution in [3.63, 3.8) is 0 Å². The van der Waals surface area contributed by atoms with Crippen LogP contribution in [0.4, 0.5) is 0 Å². The van der Waals surface area contributed by atoms with E-state index in [0.717, 1.165) is 62.4 Å². The number of fused-ring (bicyclic) bond motifs is 1. The largest absolute Gasteiger partial charge is 0.489 e. The van der Waals surface area contributed by atoms with Gasteiger partial charge in [0.2, 0.25) is 0 Å². The van der Waals surface area contributed by atoms with Gasteiger partial charge in [0.1, 0.15) is 0 Å². The lowest BCUT2D eigenvalue weighted by molar-refractivity contribution is 0.181. The highest BCUT2D eigenvalue weighted by Crippen LogP contribution is 2.50. The maximum Gasteiger partial charge on any atom is 0.161 e. The van der Waals surface area contributed by atoms with Crippen LogP contribution in [0.2, 0.25) is 0 Å². The molecule has 5 rings (SSSR count). The Labute approximate surface area is 162 Å². The molecule has 0 spiro atoms. The van der Waals surface area contributed by atoms with Gasteiger partial charge in [0.15, 0.2) is 11.5 Å². The van der Waals surface area contributed by atoms with Crippen LogP contribution in [0.15, 0.2) is 30.0 Å². The summed E-state index contributed by atoms with van der Waals surface area (Å²) in [6.45, 7) is 2.65. The lowest BCUT2D eigenvalue weighted by atomic mass is 9.70. The first-order chi connectivity index (χ1) is 13.1. The molecule has 1 N–H and O–H groups in total. The SMILES string of the molecule is CN1CC[C@]2(c3ccc(OCC4CC4)c(OCC4CC4)c3)CC[C@@H](O)C=C12. The monoisotopic (exact) mass is 369 g/mol. The predicted octanol–water partition coefficient (Wildman–Crippen LogP) is 3.88. The molecule has 1 aliphatic heterocycles. The molecule has 0 radical (unpaired) electrons. The number of allylic oxidation sites excluding steroid dienone is 1. The Morgan fingerprint density at radius 1 is 1.00 bits per heavy atom. The first-order valence-corrected chi connectivity index (χ1v) is 10.7. The summed E-state index contributed by atoms with van der Waals surface area (Å²) in [5.41, 5.74) is 2.61. The van der Waals surface area contributed by atoms with Crippen molar-refractivity contribution in [2.45, 2.75) is 56.5 Å². The molecule has 2 saturated carbocycles. The Morgan fingerprint density at radius 3 is 2.41 bits per heavy atom. The molecule has 146 valence electrons. The number of rotatable bonds is 7. The topological polar surface area (TPSA) is 41.9 Å². The van der Waals surface area contributed by atoms with Gasteiger partial charge in [-0.1, -0.05) is 6.07 Å². The fourth-order valence-corrected chi connectivity index (χ4v) is 4.63. The summed E-state index contributed by atoms with van der Waals surface area (Å²) in [5, 5.41) is 10.2. The van der Waals surface area contributed by atoms with E-state index in [0.29, 0.717) is 0 Å². The van der Waals surface area contributed by atoms with Crippen molar-refractivity contribution in [2.24, 2.45) is 11.8 Å². The Balaban J connectivity index is 1.45. The highest BCUT2D eigenvalue weighted by Gasteiger charge is 2.45. The predicted molar refractivity (Wildman–Crippen MR) is 105 cm³/mol. The molecule has 0 bridgehead atoms. The van der Waals surface area contributed by atoms with Gasteiger partial charge in [-0.2, -0.15) is 0 Å². The molecule has 0 amide bonds. The standard InChI is InChI=1S/C23H31NO3/c1-24-11-10-23(9-8-19(25)13-22(23)24)18-6-7-20(26-14-16-2-3-16)21(12-18)27-15-17-4-5-17/h6-7,12-13,16-17,19,25H,2-5,8-11,14-15H2,1H3/t19-,23+/m1/s1. The molecule has 4 aliphatic rings. The molecule has 0 aromatic heterocycles. The average Bonchev–Trinajstić information content (AvgIpc) is 3.59. The van der Waals surface area contributed by atoms with E-state index in [2.05, 4.69) is 36.2 Å². The first-order valence-electron chi connectivity index (χ1n) is 10.7. The summed E-state index contributed by atoms with van der Waals surface area (Å²) >= 11 is 0. The third-order valence-electron chi connectivity index (χ3n) is 6.83. The number of likely N-dealkylation sites (N-methyl/N-ethyl adjacent to an activating group) is 1. The van der Waals surface area contributed by atoms with Crippen LogP contribution in [0.5, 0.6) is 11.5 Å². The highest BCUT2D eigenvalue weighted by molar-refractivity contribution is 5.49. The smallest absolute Gasteiger partial charge is 0.161 e. The zero-order valence-electron chi connectivity index (χ0n) is 16.3. The van der Waals surface area contributed by atoms with Crippen molar-refractivity contribution in [2.75, 3.05) is 26.8 Å². The molecule has 4 nitrogen and oxygen atoms in total. The van der Waals surface area contributed by atoms with Crippen LogP contribution in [-0.2, 0) is 5.41 Å². The Morgan fingerprint density at radius 2 is 1.70 bits per heavy atom. The molecular formula is C23H31NO3. The summed E-state index contributed by atoms with van der Waals surface area (Å²) in [6, 6.07) is 6.59. The van der Waals surface area contributed by atoms with E-state index in [4.69, 9.17) is 9.47 Å². The molecule has 27 heavy (non-hydrogen) atoms. The third kappa shape index (κ3) is 3.44. The van der Waals surface area contributed by atoms with Crippen LogP contribution in [0, 0.1) is 11.8 Å². The van der Waals surface area contributed by atoms with E-state index in [9.17, 15) is 5.11 Å². The number of aliphatic hydroxyl groups is 1. The lowest BCUT2D eigenvalue weighted by Gasteiger charge is -2.37. The molecule has 1 saturated heterocycles. The molecule has 3 aliphatic carbocycles. The van der Waals surface area contributed by atoms with Gasteiger partial charge >= 0.3 is 0 Å². The number of nitrogens with zero attached hydrogens (tertiary/aromatic N) is 1. The Bertz CT molecular complexity index is 737. The maximum absolute atomic E-state index is 10.2. The van der Waals surface area contributed by atoms with Crippen molar-refractivity contribution < 1.29 is 14.6 Å². The third-order valence-corrected chi connectivity index (χ3v) is 6.83. The summed E-state index contributed by atoms with van der Waals surface area (Å²) in [5.74, 6) is 3.27. The van der Waals surface area contributed by atoms with Crippen LogP contribution in [0.3, 0.4) is 0 Å². The fourth-order valence-electron chi connectivity index (χ4n) is 4.63. The van der Waals surface area contributed by atoms with Crippen LogP contribution in [-0.4, -0.2) is 42.9 Å². The number of ether oxygens (including phenoxy) is 2. The molecule has 1 aromatic rings. The highest BCUT2D eigenvalue weighted by atomic mass is 16.5. The number of hydrogen-bond donors (Lipinski definition) is 1. The number of benzene rings is 1. The van der Waals surface area contributed by atoms with Gasteiger partial charge in [-0.3, -0.25) is 0 Å². The minimum absolute atomic E-state index is 0.0146. The van der Waals surface area contributed by atoms with Gasteiger partial charge in [-0.05, 0) is 80.6 Å². The molecule has 1 aromatic carbocycles. The molecule has 3 fully saturated rings. The van der Waals surface area contributed by atoms with Gasteiger partial charge in [0.25, 0.3) is 0 Å². The second-order valence-corrected chi connectivity index (χ2v) is 9.08. The molecule has 2 atom stereocenters. The van der Waals surface area contributed by atoms with Crippen LogP contribution in [0.25, 0.3) is 0 Å². The van der Waals surface area contributed by atoms with Gasteiger partial charge in [0.05, 0.1) is 19.3 Å². The number of aliphatic hydroxyl groups excluding tert-OH is 1. The van der Waals surface area contributed by atoms with Crippen molar-refractivity contribution in [1.82, 2.24) is 4.90 Å². The second kappa shape index (κ2) is 6.73. The molecule has 0 unspecified atom stereocenters. The fraction of sp³-hybridized carbons (Fsp3) is 0.652. The summed E-state index contributed by atoms with van der Waals surface area (Å²) in [6.07, 6.45) is 9.84. The second-order valence-electron chi connectivity index (χ2n) is 9.08. The lowest BCUT2D eigenvalue weighted by Crippen LogP contribution is -2.33. The van der Waals surface area contributed by atoms with E-state index in [1.165, 1.54) is 36.9 Å². The van der Waals surface area contributed by atoms with E-state index in [-0.39, 0.29) is 11.5 Å². The molecule has 1 heterocycles. The van der Waals surface area contributed by atoms with Crippen molar-refractivity contribution in [3.05, 3.63) is 35.5 Å². The quantitative estimate of drug-likeness (QED) is 0.792. The maximum atomic E-state index is 10.2. The molecular weight excluding hydrogens is 338 g/mol. The van der Waals surface area contributed by atoms with Crippen molar-refractivity contribution in [3.8, 4) is 11.5 Å². The Hall–Kier alpha value is -1.68. The van der Waals surface area contributed by atoms with Crippen LogP contribution < -0.4 is 9.47 Å².